The molecule has 0 radical (unpaired) electrons. The van der Waals surface area contributed by atoms with Crippen molar-refractivity contribution in [3.8, 4) is 0 Å². The fraction of sp³-hybridized carbons (Fsp3) is 0.778. The first-order valence-corrected chi connectivity index (χ1v) is 11.0. The standard InChI is InChI=1S/C18H28N6O2S/c1-21-17(14-4-5-14)19-20-18(21)27-13-16(26)24-10-8-22(9-11-24)12-15(25)23-6-2-3-7-23/h14H,2-13H2,1H3/p+1. The molecule has 1 N–H and O–H groups in total. The van der Waals surface area contributed by atoms with Crippen molar-refractivity contribution in [2.24, 2.45) is 7.05 Å². The van der Waals surface area contributed by atoms with Crippen molar-refractivity contribution in [3.63, 3.8) is 0 Å². The number of quaternary nitrogens is 1. The van der Waals surface area contributed by atoms with Gasteiger partial charge in [0.15, 0.2) is 11.7 Å². The van der Waals surface area contributed by atoms with E-state index in [2.05, 4.69) is 10.2 Å². The zero-order valence-corrected chi connectivity index (χ0v) is 16.8. The molecular weight excluding hydrogens is 364 g/mol. The van der Waals surface area contributed by atoms with Crippen molar-refractivity contribution in [1.82, 2.24) is 24.6 Å². The Morgan fingerprint density at radius 1 is 1.04 bits per heavy atom. The maximum Gasteiger partial charge on any atom is 0.277 e. The van der Waals surface area contributed by atoms with Crippen LogP contribution in [-0.4, -0.2) is 87.9 Å². The SMILES string of the molecule is Cn1c(SCC(=O)N2CC[NH+](CC(=O)N3CCCC3)CC2)nnc1C1CC1. The summed E-state index contributed by atoms with van der Waals surface area (Å²) < 4.78 is 2.03. The molecule has 0 spiro atoms. The minimum atomic E-state index is 0.154. The minimum Gasteiger partial charge on any atom is -0.338 e. The third-order valence-electron chi connectivity index (χ3n) is 5.82. The molecule has 1 aromatic heterocycles. The van der Waals surface area contributed by atoms with Gasteiger partial charge in [-0.2, -0.15) is 0 Å². The number of piperazine rings is 1. The number of rotatable bonds is 6. The molecule has 8 nitrogen and oxygen atoms in total. The predicted molar refractivity (Wildman–Crippen MR) is 102 cm³/mol. The Kier molecular flexibility index (Phi) is 5.68. The van der Waals surface area contributed by atoms with Crippen LogP contribution in [0.15, 0.2) is 5.16 Å². The van der Waals surface area contributed by atoms with Gasteiger partial charge in [0.2, 0.25) is 5.91 Å². The lowest BCUT2D eigenvalue weighted by molar-refractivity contribution is -0.896. The maximum absolute atomic E-state index is 12.5. The number of nitrogens with one attached hydrogen (secondary N) is 1. The lowest BCUT2D eigenvalue weighted by Gasteiger charge is -2.32. The molecular formula is C18H29N6O2S+. The summed E-state index contributed by atoms with van der Waals surface area (Å²) in [6.07, 6.45) is 4.66. The van der Waals surface area contributed by atoms with E-state index in [0.29, 0.717) is 18.2 Å². The van der Waals surface area contributed by atoms with Crippen molar-refractivity contribution < 1.29 is 14.5 Å². The zero-order valence-electron chi connectivity index (χ0n) is 16.0. The normalized spacial score (nSPS) is 21.1. The van der Waals surface area contributed by atoms with E-state index in [1.54, 1.807) is 0 Å². The van der Waals surface area contributed by atoms with Crippen LogP contribution in [0.3, 0.4) is 0 Å². The quantitative estimate of drug-likeness (QED) is 0.636. The number of thioether (sulfide) groups is 1. The van der Waals surface area contributed by atoms with E-state index in [1.165, 1.54) is 29.5 Å². The molecule has 4 rings (SSSR count). The van der Waals surface area contributed by atoms with Gasteiger partial charge in [-0.15, -0.1) is 10.2 Å². The third-order valence-corrected chi connectivity index (χ3v) is 6.82. The average Bonchev–Trinajstić information content (AvgIpc) is 3.22. The minimum absolute atomic E-state index is 0.154. The second-order valence-electron chi connectivity index (χ2n) is 7.86. The summed E-state index contributed by atoms with van der Waals surface area (Å²) in [5.74, 6) is 2.43. The Labute approximate surface area is 164 Å². The summed E-state index contributed by atoms with van der Waals surface area (Å²) in [6, 6.07) is 0. The molecule has 3 fully saturated rings. The highest BCUT2D eigenvalue weighted by molar-refractivity contribution is 7.99. The maximum atomic E-state index is 12.5. The molecule has 0 aromatic carbocycles. The van der Waals surface area contributed by atoms with Gasteiger partial charge in [-0.3, -0.25) is 9.59 Å². The molecule has 3 heterocycles. The molecule has 2 aliphatic heterocycles. The Morgan fingerprint density at radius 2 is 1.70 bits per heavy atom. The molecule has 148 valence electrons. The van der Waals surface area contributed by atoms with Gasteiger partial charge >= 0.3 is 0 Å². The molecule has 27 heavy (non-hydrogen) atoms. The van der Waals surface area contributed by atoms with Crippen LogP contribution < -0.4 is 4.90 Å². The van der Waals surface area contributed by atoms with Gasteiger partial charge in [-0.1, -0.05) is 11.8 Å². The number of aromatic nitrogens is 3. The molecule has 1 aliphatic carbocycles. The lowest BCUT2D eigenvalue weighted by Crippen LogP contribution is -3.15. The van der Waals surface area contributed by atoms with Crippen molar-refractivity contribution in [2.45, 2.75) is 36.8 Å². The van der Waals surface area contributed by atoms with E-state index in [1.807, 2.05) is 21.4 Å². The van der Waals surface area contributed by atoms with E-state index in [-0.39, 0.29) is 11.8 Å². The van der Waals surface area contributed by atoms with Gasteiger partial charge in [0.25, 0.3) is 5.91 Å². The summed E-state index contributed by atoms with van der Waals surface area (Å²) in [5, 5.41) is 9.33. The Bertz CT molecular complexity index is 690. The molecule has 0 unspecified atom stereocenters. The molecule has 1 saturated carbocycles. The van der Waals surface area contributed by atoms with Crippen molar-refractivity contribution in [2.75, 3.05) is 51.6 Å². The second-order valence-corrected chi connectivity index (χ2v) is 8.80. The number of hydrogen-bond donors (Lipinski definition) is 1. The highest BCUT2D eigenvalue weighted by Crippen LogP contribution is 2.39. The Balaban J connectivity index is 1.20. The summed E-state index contributed by atoms with van der Waals surface area (Å²) in [5.41, 5.74) is 0. The van der Waals surface area contributed by atoms with E-state index < -0.39 is 0 Å². The molecule has 0 bridgehead atoms. The van der Waals surface area contributed by atoms with E-state index in [4.69, 9.17) is 0 Å². The Morgan fingerprint density at radius 3 is 2.37 bits per heavy atom. The largest absolute Gasteiger partial charge is 0.338 e. The summed E-state index contributed by atoms with van der Waals surface area (Å²) in [4.78, 5) is 30.0. The second kappa shape index (κ2) is 8.18. The van der Waals surface area contributed by atoms with Crippen LogP contribution >= 0.6 is 11.8 Å². The lowest BCUT2D eigenvalue weighted by atomic mass is 10.3. The van der Waals surface area contributed by atoms with E-state index >= 15 is 0 Å². The van der Waals surface area contributed by atoms with Crippen LogP contribution in [0.1, 0.15) is 37.4 Å². The van der Waals surface area contributed by atoms with Crippen LogP contribution in [0, 0.1) is 0 Å². The van der Waals surface area contributed by atoms with Gasteiger partial charge in [0, 0.05) is 26.1 Å². The Hall–Kier alpha value is -1.61. The van der Waals surface area contributed by atoms with Gasteiger partial charge in [-0.25, -0.2) is 0 Å². The molecule has 0 atom stereocenters. The fourth-order valence-corrected chi connectivity index (χ4v) is 4.73. The number of likely N-dealkylation sites (tertiary alicyclic amines) is 1. The molecule has 3 aliphatic rings. The van der Waals surface area contributed by atoms with Crippen LogP contribution in [0.2, 0.25) is 0 Å². The topological polar surface area (TPSA) is 75.8 Å². The summed E-state index contributed by atoms with van der Waals surface area (Å²) >= 11 is 1.47. The van der Waals surface area contributed by atoms with Gasteiger partial charge in [-0.05, 0) is 25.7 Å². The van der Waals surface area contributed by atoms with Crippen LogP contribution in [0.5, 0.6) is 0 Å². The average molecular weight is 394 g/mol. The highest BCUT2D eigenvalue weighted by Gasteiger charge is 2.30. The number of carbonyl (C=O) groups is 2. The molecule has 2 saturated heterocycles. The van der Waals surface area contributed by atoms with E-state index in [9.17, 15) is 9.59 Å². The predicted octanol–water partition coefficient (Wildman–Crippen LogP) is -0.866. The molecule has 2 amide bonds. The fourth-order valence-electron chi connectivity index (χ4n) is 3.91. The summed E-state index contributed by atoms with van der Waals surface area (Å²) in [7, 11) is 1.99. The van der Waals surface area contributed by atoms with Gasteiger partial charge in [0.05, 0.1) is 31.9 Å². The van der Waals surface area contributed by atoms with Crippen LogP contribution in [-0.2, 0) is 16.6 Å². The first-order valence-electron chi connectivity index (χ1n) is 10.0. The zero-order chi connectivity index (χ0) is 18.8. The highest BCUT2D eigenvalue weighted by atomic mass is 32.2. The molecule has 9 heteroatoms. The number of carbonyl (C=O) groups excluding carboxylic acids is 2. The number of amides is 2. The van der Waals surface area contributed by atoms with E-state index in [0.717, 1.165) is 63.1 Å². The first-order chi connectivity index (χ1) is 13.1. The monoisotopic (exact) mass is 393 g/mol. The third kappa shape index (κ3) is 4.45. The molecule has 1 aromatic rings. The smallest absolute Gasteiger partial charge is 0.277 e. The van der Waals surface area contributed by atoms with Crippen molar-refractivity contribution in [3.05, 3.63) is 5.82 Å². The summed E-state index contributed by atoms with van der Waals surface area (Å²) in [6.45, 7) is 5.57. The van der Waals surface area contributed by atoms with Gasteiger partial charge < -0.3 is 19.3 Å². The van der Waals surface area contributed by atoms with Crippen LogP contribution in [0.25, 0.3) is 0 Å². The van der Waals surface area contributed by atoms with Crippen LogP contribution in [0.4, 0.5) is 0 Å². The van der Waals surface area contributed by atoms with Crippen molar-refractivity contribution >= 4 is 23.6 Å². The number of hydrogen-bond acceptors (Lipinski definition) is 5. The number of nitrogens with zero attached hydrogens (tertiary/aromatic N) is 5. The first kappa shape index (κ1) is 18.7. The van der Waals surface area contributed by atoms with Crippen molar-refractivity contribution in [1.29, 1.82) is 0 Å². The van der Waals surface area contributed by atoms with Gasteiger partial charge in [0.1, 0.15) is 5.82 Å².